The summed E-state index contributed by atoms with van der Waals surface area (Å²) in [5.41, 5.74) is 0.598. The molecular formula is C7H4N4OS. The topological polar surface area (TPSA) is 68.6 Å². The Morgan fingerprint density at radius 1 is 1.23 bits per heavy atom. The zero-order valence-corrected chi connectivity index (χ0v) is 7.23. The fourth-order valence-electron chi connectivity index (χ4n) is 0.812. The third kappa shape index (κ3) is 1.57. The monoisotopic (exact) mass is 192 g/mol. The molecule has 0 bridgehead atoms. The molecule has 0 saturated carbocycles. The second-order valence-electron chi connectivity index (χ2n) is 2.21. The van der Waals surface area contributed by atoms with Crippen LogP contribution >= 0.6 is 11.7 Å². The van der Waals surface area contributed by atoms with Crippen LogP contribution in [0.3, 0.4) is 0 Å². The van der Waals surface area contributed by atoms with Crippen molar-refractivity contribution in [2.45, 2.75) is 0 Å². The Labute approximate surface area is 77.8 Å². The summed E-state index contributed by atoms with van der Waals surface area (Å²) < 4.78 is 7.54. The molecule has 64 valence electrons. The van der Waals surface area contributed by atoms with Crippen LogP contribution in [0.5, 0.6) is 0 Å². The molecule has 0 radical (unpaired) electrons. The number of nitrogens with zero attached hydrogens (tertiary/aromatic N) is 4. The zero-order valence-electron chi connectivity index (χ0n) is 6.41. The van der Waals surface area contributed by atoms with Crippen molar-refractivity contribution in [1.82, 2.24) is 18.7 Å². The first-order valence-electron chi connectivity index (χ1n) is 3.46. The van der Waals surface area contributed by atoms with Gasteiger partial charge in [-0.2, -0.15) is 8.75 Å². The first-order valence-corrected chi connectivity index (χ1v) is 4.19. The highest BCUT2D eigenvalue weighted by Gasteiger charge is 2.12. The maximum atomic E-state index is 11.5. The van der Waals surface area contributed by atoms with E-state index in [9.17, 15) is 4.79 Å². The maximum Gasteiger partial charge on any atom is 0.233 e. The van der Waals surface area contributed by atoms with Crippen LogP contribution in [0, 0.1) is 0 Å². The van der Waals surface area contributed by atoms with Gasteiger partial charge >= 0.3 is 0 Å². The molecule has 0 N–H and O–H groups in total. The van der Waals surface area contributed by atoms with Crippen molar-refractivity contribution in [3.8, 4) is 0 Å². The quantitative estimate of drug-likeness (QED) is 0.650. The van der Waals surface area contributed by atoms with Gasteiger partial charge < -0.3 is 0 Å². The van der Waals surface area contributed by atoms with Crippen molar-refractivity contribution < 1.29 is 4.79 Å². The average molecular weight is 192 g/mol. The van der Waals surface area contributed by atoms with E-state index in [0.717, 1.165) is 11.7 Å². The van der Waals surface area contributed by atoms with E-state index in [4.69, 9.17) is 0 Å². The lowest BCUT2D eigenvalue weighted by molar-refractivity contribution is 0.103. The third-order valence-corrected chi connectivity index (χ3v) is 1.87. The molecule has 0 unspecified atom stereocenters. The SMILES string of the molecule is O=C(c1cnccn1)c1cnsn1. The molecule has 2 heterocycles. The molecule has 2 aromatic heterocycles. The number of carbonyl (C=O) groups is 1. The number of hydrogen-bond donors (Lipinski definition) is 0. The molecule has 13 heavy (non-hydrogen) atoms. The van der Waals surface area contributed by atoms with Gasteiger partial charge in [0.15, 0.2) is 0 Å². The van der Waals surface area contributed by atoms with Crippen LogP contribution in [-0.4, -0.2) is 24.5 Å². The fourth-order valence-corrected chi connectivity index (χ4v) is 1.22. The van der Waals surface area contributed by atoms with Crippen LogP contribution in [0.25, 0.3) is 0 Å². The first kappa shape index (κ1) is 7.93. The van der Waals surface area contributed by atoms with Gasteiger partial charge in [-0.25, -0.2) is 4.98 Å². The molecule has 0 spiro atoms. The molecule has 0 aliphatic heterocycles. The smallest absolute Gasteiger partial charge is 0.233 e. The molecule has 0 fully saturated rings. The molecular weight excluding hydrogens is 188 g/mol. The van der Waals surface area contributed by atoms with Gasteiger partial charge in [-0.15, -0.1) is 0 Å². The Balaban J connectivity index is 2.34. The third-order valence-electron chi connectivity index (χ3n) is 1.39. The van der Waals surface area contributed by atoms with Crippen molar-refractivity contribution in [3.05, 3.63) is 36.2 Å². The molecule has 2 rings (SSSR count). The van der Waals surface area contributed by atoms with Crippen LogP contribution in [0.15, 0.2) is 24.8 Å². The molecule has 6 heteroatoms. The van der Waals surface area contributed by atoms with Gasteiger partial charge in [0, 0.05) is 12.4 Å². The summed E-state index contributed by atoms with van der Waals surface area (Å²) in [6.45, 7) is 0. The van der Waals surface area contributed by atoms with Crippen LogP contribution < -0.4 is 0 Å². The number of rotatable bonds is 2. The molecule has 0 saturated heterocycles. The second kappa shape index (κ2) is 3.36. The van der Waals surface area contributed by atoms with Crippen LogP contribution in [-0.2, 0) is 0 Å². The van der Waals surface area contributed by atoms with E-state index < -0.39 is 0 Å². The predicted molar refractivity (Wildman–Crippen MR) is 45.4 cm³/mol. The number of aromatic nitrogens is 4. The Morgan fingerprint density at radius 2 is 2.15 bits per heavy atom. The van der Waals surface area contributed by atoms with E-state index in [1.807, 2.05) is 0 Å². The molecule has 0 aliphatic rings. The van der Waals surface area contributed by atoms with Gasteiger partial charge in [0.05, 0.1) is 24.1 Å². The van der Waals surface area contributed by atoms with Gasteiger partial charge in [0.2, 0.25) is 5.78 Å². The minimum Gasteiger partial charge on any atom is -0.285 e. The van der Waals surface area contributed by atoms with Gasteiger partial charge in [-0.3, -0.25) is 9.78 Å². The second-order valence-corrected chi connectivity index (χ2v) is 2.77. The van der Waals surface area contributed by atoms with Gasteiger partial charge in [0.25, 0.3) is 0 Å². The lowest BCUT2D eigenvalue weighted by atomic mass is 10.2. The number of hydrogen-bond acceptors (Lipinski definition) is 6. The van der Waals surface area contributed by atoms with Gasteiger partial charge in [0.1, 0.15) is 11.4 Å². The van der Waals surface area contributed by atoms with Crippen LogP contribution in [0.1, 0.15) is 16.2 Å². The summed E-state index contributed by atoms with van der Waals surface area (Å²) in [4.78, 5) is 19.2. The average Bonchev–Trinajstić information content (AvgIpc) is 2.71. The van der Waals surface area contributed by atoms with E-state index in [-0.39, 0.29) is 11.5 Å². The maximum absolute atomic E-state index is 11.5. The summed E-state index contributed by atoms with van der Waals surface area (Å²) in [7, 11) is 0. The highest BCUT2D eigenvalue weighted by atomic mass is 32.1. The van der Waals surface area contributed by atoms with Crippen molar-refractivity contribution in [3.63, 3.8) is 0 Å². The Kier molecular flexibility index (Phi) is 2.05. The lowest BCUT2D eigenvalue weighted by Gasteiger charge is -1.92. The molecule has 2 aromatic rings. The normalized spacial score (nSPS) is 9.85. The van der Waals surface area contributed by atoms with E-state index >= 15 is 0 Å². The van der Waals surface area contributed by atoms with Crippen molar-refractivity contribution >= 4 is 17.5 Å². The van der Waals surface area contributed by atoms with Gasteiger partial charge in [-0.05, 0) is 0 Å². The highest BCUT2D eigenvalue weighted by molar-refractivity contribution is 6.99. The number of ketones is 1. The Bertz CT molecular complexity index is 400. The summed E-state index contributed by atoms with van der Waals surface area (Å²) in [6.07, 6.45) is 5.80. The molecule has 0 atom stereocenters. The molecule has 0 amide bonds. The number of carbonyl (C=O) groups excluding carboxylic acids is 1. The Hall–Kier alpha value is -1.69. The minimum atomic E-state index is -0.248. The van der Waals surface area contributed by atoms with E-state index in [0.29, 0.717) is 5.69 Å². The van der Waals surface area contributed by atoms with Crippen LogP contribution in [0.2, 0.25) is 0 Å². The van der Waals surface area contributed by atoms with Crippen LogP contribution in [0.4, 0.5) is 0 Å². The molecule has 5 nitrogen and oxygen atoms in total. The standard InChI is InChI=1S/C7H4N4OS/c12-7(6-4-10-13-11-6)5-3-8-1-2-9-5/h1-4H. The zero-order chi connectivity index (χ0) is 9.10. The minimum absolute atomic E-state index is 0.248. The predicted octanol–water partition coefficient (Wildman–Crippen LogP) is 0.559. The largest absolute Gasteiger partial charge is 0.285 e. The Morgan fingerprint density at radius 3 is 2.77 bits per heavy atom. The van der Waals surface area contributed by atoms with Crippen molar-refractivity contribution in [2.75, 3.05) is 0 Å². The van der Waals surface area contributed by atoms with E-state index in [1.165, 1.54) is 24.8 Å². The summed E-state index contributed by atoms with van der Waals surface area (Å²) in [5.74, 6) is -0.248. The van der Waals surface area contributed by atoms with Crippen molar-refractivity contribution in [1.29, 1.82) is 0 Å². The summed E-state index contributed by atoms with van der Waals surface area (Å²) >= 11 is 0.994. The lowest BCUT2D eigenvalue weighted by Crippen LogP contribution is -2.04. The van der Waals surface area contributed by atoms with E-state index in [2.05, 4.69) is 18.7 Å². The highest BCUT2D eigenvalue weighted by Crippen LogP contribution is 2.02. The molecule has 0 aromatic carbocycles. The van der Waals surface area contributed by atoms with E-state index in [1.54, 1.807) is 0 Å². The molecule has 0 aliphatic carbocycles. The summed E-state index contributed by atoms with van der Waals surface area (Å²) in [5, 5.41) is 0. The van der Waals surface area contributed by atoms with Gasteiger partial charge in [-0.1, -0.05) is 0 Å². The van der Waals surface area contributed by atoms with Crippen molar-refractivity contribution in [2.24, 2.45) is 0 Å². The first-order chi connectivity index (χ1) is 6.38. The summed E-state index contributed by atoms with van der Waals surface area (Å²) in [6, 6.07) is 0. The fraction of sp³-hybridized carbons (Fsp3) is 0.